The number of hydrogen-bond donors (Lipinski definition) is 1. The second-order valence-electron chi connectivity index (χ2n) is 7.86. The number of esters is 2. The number of fused-ring (bicyclic) bond motifs is 5. The second kappa shape index (κ2) is 9.08. The normalized spacial score (nSPS) is 14.0. The van der Waals surface area contributed by atoms with Crippen LogP contribution < -0.4 is 14.8 Å². The maximum Gasteiger partial charge on any atom is 0.423 e. The molecule has 2 aromatic rings. The van der Waals surface area contributed by atoms with E-state index in [1.54, 1.807) is 32.9 Å². The van der Waals surface area contributed by atoms with Crippen LogP contribution in [0.4, 0.5) is 0 Å². The van der Waals surface area contributed by atoms with E-state index in [1.165, 1.54) is 0 Å². The van der Waals surface area contributed by atoms with Gasteiger partial charge in [0.2, 0.25) is 0 Å². The van der Waals surface area contributed by atoms with Crippen molar-refractivity contribution in [2.24, 2.45) is 0 Å². The minimum atomic E-state index is -1.15. The van der Waals surface area contributed by atoms with Crippen molar-refractivity contribution in [3.63, 3.8) is 0 Å². The van der Waals surface area contributed by atoms with Crippen molar-refractivity contribution in [3.8, 4) is 11.5 Å². The van der Waals surface area contributed by atoms with Crippen molar-refractivity contribution in [1.82, 2.24) is 10.2 Å². The lowest BCUT2D eigenvalue weighted by atomic mass is 9.95. The Labute approximate surface area is 186 Å². The van der Waals surface area contributed by atoms with E-state index in [4.69, 9.17) is 21.1 Å². The maximum absolute atomic E-state index is 13.4. The van der Waals surface area contributed by atoms with Crippen LogP contribution in [0.25, 0.3) is 0 Å². The Balaban J connectivity index is 2.02. The molecule has 2 heterocycles. The van der Waals surface area contributed by atoms with Gasteiger partial charge in [-0.25, -0.2) is 9.59 Å². The van der Waals surface area contributed by atoms with Crippen LogP contribution in [0.15, 0.2) is 24.3 Å². The highest BCUT2D eigenvalue weighted by Gasteiger charge is 2.34. The number of amides is 1. The van der Waals surface area contributed by atoms with Crippen LogP contribution in [0.3, 0.4) is 0 Å². The Morgan fingerprint density at radius 1 is 0.968 bits per heavy atom. The number of carbonyl (C=O) groups is 3. The first kappa shape index (κ1) is 22.8. The Bertz CT molecular complexity index is 1050. The summed E-state index contributed by atoms with van der Waals surface area (Å²) in [5.74, 6) is -2.38. The summed E-state index contributed by atoms with van der Waals surface area (Å²) in [5, 5.41) is 3.65. The van der Waals surface area contributed by atoms with Crippen LogP contribution in [-0.2, 0) is 9.59 Å². The number of nitrogens with zero attached hydrogens (tertiary/aromatic N) is 1. The molecule has 0 spiro atoms. The van der Waals surface area contributed by atoms with Gasteiger partial charge >= 0.3 is 11.9 Å². The molecule has 0 radical (unpaired) electrons. The highest BCUT2D eigenvalue weighted by molar-refractivity contribution is 6.31. The van der Waals surface area contributed by atoms with Gasteiger partial charge in [-0.3, -0.25) is 4.79 Å². The van der Waals surface area contributed by atoms with Crippen LogP contribution in [0.2, 0.25) is 5.02 Å². The van der Waals surface area contributed by atoms with Crippen LogP contribution in [-0.4, -0.2) is 43.4 Å². The lowest BCUT2D eigenvalue weighted by Gasteiger charge is -2.25. The quantitative estimate of drug-likeness (QED) is 0.417. The second-order valence-corrected chi connectivity index (χ2v) is 8.29. The molecule has 1 unspecified atom stereocenters. The van der Waals surface area contributed by atoms with Gasteiger partial charge in [-0.1, -0.05) is 23.7 Å². The number of rotatable bonds is 6. The van der Waals surface area contributed by atoms with Crippen LogP contribution in [0, 0.1) is 20.8 Å². The first-order valence-corrected chi connectivity index (χ1v) is 10.3. The van der Waals surface area contributed by atoms with Gasteiger partial charge < -0.3 is 19.7 Å². The molecule has 1 atom stereocenters. The summed E-state index contributed by atoms with van der Waals surface area (Å²) in [5.41, 5.74) is 2.75. The maximum atomic E-state index is 13.4. The van der Waals surface area contributed by atoms with Crippen molar-refractivity contribution in [2.75, 3.05) is 20.6 Å². The monoisotopic (exact) mass is 444 g/mol. The largest absolute Gasteiger partial charge is 0.423 e. The zero-order valence-corrected chi connectivity index (χ0v) is 18.9. The van der Waals surface area contributed by atoms with Gasteiger partial charge in [0.15, 0.2) is 0 Å². The van der Waals surface area contributed by atoms with Gasteiger partial charge in [-0.05, 0) is 76.7 Å². The van der Waals surface area contributed by atoms with E-state index >= 15 is 0 Å². The Morgan fingerprint density at radius 2 is 1.52 bits per heavy atom. The summed E-state index contributed by atoms with van der Waals surface area (Å²) >= 11 is 6.02. The third-order valence-corrected chi connectivity index (χ3v) is 5.66. The summed E-state index contributed by atoms with van der Waals surface area (Å²) in [7, 11) is 3.91. The van der Waals surface area contributed by atoms with Crippen molar-refractivity contribution in [1.29, 1.82) is 0 Å². The lowest BCUT2D eigenvalue weighted by molar-refractivity contribution is -0.156. The van der Waals surface area contributed by atoms with Gasteiger partial charge in [0.25, 0.3) is 5.91 Å². The molecular weight excluding hydrogens is 420 g/mol. The fourth-order valence-corrected chi connectivity index (χ4v) is 3.68. The molecule has 31 heavy (non-hydrogen) atoms. The average Bonchev–Trinajstić information content (AvgIpc) is 2.71. The molecule has 7 nitrogen and oxygen atoms in total. The number of hydrogen-bond acceptors (Lipinski definition) is 6. The number of carbonyl (C=O) groups excluding carboxylic acids is 3. The molecule has 1 amide bonds. The predicted molar refractivity (Wildman–Crippen MR) is 117 cm³/mol. The smallest absolute Gasteiger partial charge is 0.417 e. The molecular formula is C23H25ClN2O5. The molecule has 164 valence electrons. The molecule has 0 aliphatic carbocycles. The molecule has 2 aliphatic rings. The summed E-state index contributed by atoms with van der Waals surface area (Å²) < 4.78 is 10.5. The van der Waals surface area contributed by atoms with E-state index < -0.39 is 17.8 Å². The summed E-state index contributed by atoms with van der Waals surface area (Å²) in [6.07, 6.45) is 0.654. The van der Waals surface area contributed by atoms with E-state index in [0.717, 1.165) is 12.1 Å². The summed E-state index contributed by atoms with van der Waals surface area (Å²) in [6, 6.07) is 6.98. The zero-order chi connectivity index (χ0) is 22.9. The molecule has 0 aromatic heterocycles. The fraction of sp³-hybridized carbons (Fsp3) is 0.348. The number of halogens is 1. The third kappa shape index (κ3) is 4.73. The zero-order valence-electron chi connectivity index (χ0n) is 18.2. The molecule has 0 saturated heterocycles. The van der Waals surface area contributed by atoms with Gasteiger partial charge in [0.1, 0.15) is 11.5 Å². The Kier molecular flexibility index (Phi) is 6.67. The van der Waals surface area contributed by atoms with Gasteiger partial charge in [-0.2, -0.15) is 0 Å². The Hall–Kier alpha value is -2.90. The first-order valence-electron chi connectivity index (χ1n) is 9.89. The minimum absolute atomic E-state index is 0.0837. The highest BCUT2D eigenvalue weighted by atomic mass is 35.5. The van der Waals surface area contributed by atoms with Crippen LogP contribution in [0.5, 0.6) is 11.5 Å². The minimum Gasteiger partial charge on any atom is -0.417 e. The summed E-state index contributed by atoms with van der Waals surface area (Å²) in [4.78, 5) is 39.3. The van der Waals surface area contributed by atoms with Crippen molar-refractivity contribution in [2.45, 2.75) is 33.2 Å². The molecule has 2 aliphatic heterocycles. The molecule has 0 fully saturated rings. The molecule has 2 bridgehead atoms. The van der Waals surface area contributed by atoms with E-state index in [2.05, 4.69) is 5.32 Å². The third-order valence-electron chi connectivity index (χ3n) is 5.41. The number of benzene rings is 2. The number of ether oxygens (including phenoxy) is 2. The van der Waals surface area contributed by atoms with E-state index in [9.17, 15) is 14.4 Å². The van der Waals surface area contributed by atoms with Crippen molar-refractivity contribution in [3.05, 3.63) is 57.1 Å². The van der Waals surface area contributed by atoms with E-state index in [-0.39, 0.29) is 23.1 Å². The average molecular weight is 445 g/mol. The molecule has 0 saturated carbocycles. The standard InChI is InChI=1S/C23H25ClN2O5/c1-12-13(2)20-18(14(3)19(12)30-22(28)23(29)31-20)21(27)25-17(10-11-26(4)5)15-6-8-16(24)9-7-15/h6-9,17H,10-11H2,1-5H3,(H,25,27). The highest BCUT2D eigenvalue weighted by Crippen LogP contribution is 2.40. The molecule has 2 aromatic carbocycles. The van der Waals surface area contributed by atoms with Gasteiger partial charge in [0.05, 0.1) is 11.6 Å². The topological polar surface area (TPSA) is 84.9 Å². The van der Waals surface area contributed by atoms with Crippen LogP contribution in [0.1, 0.15) is 45.1 Å². The van der Waals surface area contributed by atoms with Gasteiger partial charge in [0, 0.05) is 10.6 Å². The SMILES string of the molecule is Cc1c(C)c2c(C(=O)NC(CCN(C)C)c3ccc(Cl)cc3)c(C)c1OC(=O)C(=O)O2. The molecule has 8 heteroatoms. The number of nitrogens with one attached hydrogen (secondary N) is 1. The van der Waals surface area contributed by atoms with Crippen LogP contribution >= 0.6 is 11.6 Å². The summed E-state index contributed by atoms with van der Waals surface area (Å²) in [6.45, 7) is 5.89. The van der Waals surface area contributed by atoms with E-state index in [0.29, 0.717) is 28.1 Å². The lowest BCUT2D eigenvalue weighted by Crippen LogP contribution is -2.34. The first-order chi connectivity index (χ1) is 14.6. The molecule has 1 N–H and O–H groups in total. The van der Waals surface area contributed by atoms with Gasteiger partial charge in [-0.15, -0.1) is 0 Å². The fourth-order valence-electron chi connectivity index (χ4n) is 3.55. The Morgan fingerprint density at radius 3 is 2.10 bits per heavy atom. The predicted octanol–water partition coefficient (Wildman–Crippen LogP) is 3.51. The van der Waals surface area contributed by atoms with E-state index in [1.807, 2.05) is 31.1 Å². The molecule has 4 rings (SSSR count). The van der Waals surface area contributed by atoms with Crippen molar-refractivity contribution < 1.29 is 23.9 Å². The van der Waals surface area contributed by atoms with Crippen molar-refractivity contribution >= 4 is 29.4 Å².